The van der Waals surface area contributed by atoms with Gasteiger partial charge in [-0.05, 0) is 65.3 Å². The lowest BCUT2D eigenvalue weighted by atomic mass is 9.81. The van der Waals surface area contributed by atoms with Gasteiger partial charge in [0, 0.05) is 28.4 Å². The topological polar surface area (TPSA) is 3.24 Å². The molecule has 5 rings (SSSR count). The molecule has 0 saturated carbocycles. The van der Waals surface area contributed by atoms with Crippen molar-refractivity contribution in [1.82, 2.24) is 0 Å². The number of nitrogens with zero attached hydrogens (tertiary/aromatic N) is 1. The fourth-order valence-electron chi connectivity index (χ4n) is 5.84. The summed E-state index contributed by atoms with van der Waals surface area (Å²) >= 11 is 0. The molecule has 0 aliphatic heterocycles. The predicted molar refractivity (Wildman–Crippen MR) is 147 cm³/mol. The zero-order valence-corrected chi connectivity index (χ0v) is 21.3. The van der Waals surface area contributed by atoms with Gasteiger partial charge in [-0.2, -0.15) is 0 Å². The van der Waals surface area contributed by atoms with Crippen LogP contribution in [0.15, 0.2) is 91.0 Å². The highest BCUT2D eigenvalue weighted by Crippen LogP contribution is 2.54. The van der Waals surface area contributed by atoms with Gasteiger partial charge >= 0.3 is 0 Å². The second-order valence-corrected chi connectivity index (χ2v) is 10.6. The van der Waals surface area contributed by atoms with E-state index < -0.39 is 0 Å². The lowest BCUT2D eigenvalue weighted by Crippen LogP contribution is -2.27. The van der Waals surface area contributed by atoms with Gasteiger partial charge in [0.25, 0.3) is 0 Å². The molecule has 1 aliphatic rings. The quantitative estimate of drug-likeness (QED) is 0.296. The van der Waals surface area contributed by atoms with Crippen LogP contribution in [-0.4, -0.2) is 6.04 Å². The molecule has 1 nitrogen and oxygen atoms in total. The van der Waals surface area contributed by atoms with Gasteiger partial charge in [0.15, 0.2) is 0 Å². The van der Waals surface area contributed by atoms with Crippen LogP contribution in [0.1, 0.15) is 64.2 Å². The first-order valence-corrected chi connectivity index (χ1v) is 12.5. The first kappa shape index (κ1) is 22.5. The van der Waals surface area contributed by atoms with E-state index >= 15 is 0 Å². The summed E-state index contributed by atoms with van der Waals surface area (Å²) in [5, 5.41) is 0. The average Bonchev–Trinajstić information content (AvgIpc) is 3.07. The first-order valence-electron chi connectivity index (χ1n) is 12.5. The third-order valence-electron chi connectivity index (χ3n) is 7.37. The van der Waals surface area contributed by atoms with Crippen LogP contribution < -0.4 is 4.90 Å². The minimum atomic E-state index is 0.0126. The fraction of sp³-hybridized carbons (Fsp3) is 0.273. The Balaban J connectivity index is 1.79. The summed E-state index contributed by atoms with van der Waals surface area (Å²) in [7, 11) is 0. The third kappa shape index (κ3) is 3.46. The maximum Gasteiger partial charge on any atom is 0.0492 e. The van der Waals surface area contributed by atoms with Crippen molar-refractivity contribution in [2.75, 3.05) is 4.90 Å². The number of hydrogen-bond acceptors (Lipinski definition) is 1. The molecule has 0 unspecified atom stereocenters. The van der Waals surface area contributed by atoms with Gasteiger partial charge in [0.2, 0.25) is 0 Å². The highest BCUT2D eigenvalue weighted by Gasteiger charge is 2.38. The first-order chi connectivity index (χ1) is 16.3. The minimum Gasteiger partial charge on any atom is -0.338 e. The van der Waals surface area contributed by atoms with Gasteiger partial charge in [-0.1, -0.05) is 107 Å². The summed E-state index contributed by atoms with van der Waals surface area (Å²) in [5.41, 5.74) is 12.3. The Morgan fingerprint density at radius 3 is 1.88 bits per heavy atom. The number of fused-ring (bicyclic) bond motifs is 3. The zero-order chi connectivity index (χ0) is 24.0. The molecule has 0 heterocycles. The van der Waals surface area contributed by atoms with Gasteiger partial charge in [-0.25, -0.2) is 0 Å². The summed E-state index contributed by atoms with van der Waals surface area (Å²) in [6.07, 6.45) is 0. The van der Waals surface area contributed by atoms with Crippen molar-refractivity contribution >= 4 is 11.4 Å². The largest absolute Gasteiger partial charge is 0.338 e. The Bertz CT molecular complexity index is 1330. The molecule has 1 aliphatic carbocycles. The highest BCUT2D eigenvalue weighted by molar-refractivity contribution is 5.90. The molecule has 0 bridgehead atoms. The molecule has 0 fully saturated rings. The van der Waals surface area contributed by atoms with Crippen molar-refractivity contribution in [1.29, 1.82) is 0 Å². The van der Waals surface area contributed by atoms with Crippen molar-refractivity contribution < 1.29 is 0 Å². The molecule has 34 heavy (non-hydrogen) atoms. The van der Waals surface area contributed by atoms with Gasteiger partial charge in [0.1, 0.15) is 0 Å². The average molecular weight is 446 g/mol. The molecule has 0 N–H and O–H groups in total. The molecular formula is C33H35N. The number of benzene rings is 4. The van der Waals surface area contributed by atoms with E-state index in [-0.39, 0.29) is 5.41 Å². The monoisotopic (exact) mass is 445 g/mol. The van der Waals surface area contributed by atoms with E-state index in [1.807, 2.05) is 0 Å². The van der Waals surface area contributed by atoms with E-state index in [1.54, 1.807) is 0 Å². The van der Waals surface area contributed by atoms with E-state index in [0.717, 1.165) is 0 Å². The number of hydrogen-bond donors (Lipinski definition) is 0. The maximum atomic E-state index is 2.55. The molecule has 0 aromatic heterocycles. The Morgan fingerprint density at radius 2 is 1.21 bits per heavy atom. The van der Waals surface area contributed by atoms with E-state index in [1.165, 1.54) is 50.3 Å². The third-order valence-corrected chi connectivity index (χ3v) is 7.37. The van der Waals surface area contributed by atoms with Crippen LogP contribution in [0.2, 0.25) is 0 Å². The molecule has 0 saturated heterocycles. The molecule has 4 aromatic carbocycles. The molecule has 0 spiro atoms. The molecule has 0 amide bonds. The molecule has 4 aromatic rings. The lowest BCUT2D eigenvalue weighted by molar-refractivity contribution is 0.659. The van der Waals surface area contributed by atoms with E-state index in [2.05, 4.69) is 137 Å². The summed E-state index contributed by atoms with van der Waals surface area (Å²) in [6, 6.07) is 33.7. The van der Waals surface area contributed by atoms with Gasteiger partial charge in [0.05, 0.1) is 0 Å². The molecule has 0 radical (unpaired) electrons. The summed E-state index contributed by atoms with van der Waals surface area (Å²) in [4.78, 5) is 2.55. The van der Waals surface area contributed by atoms with Crippen molar-refractivity contribution in [3.63, 3.8) is 0 Å². The Morgan fingerprint density at radius 1 is 0.588 bits per heavy atom. The number of rotatable bonds is 5. The second kappa shape index (κ2) is 8.47. The summed E-state index contributed by atoms with van der Waals surface area (Å²) in [6.45, 7) is 14.0. The Hall–Kier alpha value is -3.32. The van der Waals surface area contributed by atoms with Crippen molar-refractivity contribution in [3.8, 4) is 22.3 Å². The lowest BCUT2D eigenvalue weighted by Gasteiger charge is -2.35. The summed E-state index contributed by atoms with van der Waals surface area (Å²) in [5.74, 6) is 0.400. The predicted octanol–water partition coefficient (Wildman–Crippen LogP) is 9.33. The highest BCUT2D eigenvalue weighted by atomic mass is 15.2. The maximum absolute atomic E-state index is 2.55. The standard InChI is InChI=1S/C33H35N/c1-22(2)31-30(21-20-28-32(31)26-17-10-12-18-27(26)33(28,5)6)34(23(3)4)29-19-13-11-16-25(29)24-14-8-7-9-15-24/h7-23H,1-6H3. The van der Waals surface area contributed by atoms with Crippen LogP contribution in [0.3, 0.4) is 0 Å². The zero-order valence-electron chi connectivity index (χ0n) is 21.3. The SMILES string of the molecule is CC(C)c1c(N(c2ccccc2-c2ccccc2)C(C)C)ccc2c1-c1ccccc1C2(C)C. The van der Waals surface area contributed by atoms with Crippen LogP contribution in [0.25, 0.3) is 22.3 Å². The number of anilines is 2. The molecule has 1 heteroatoms. The van der Waals surface area contributed by atoms with E-state index in [0.29, 0.717) is 12.0 Å². The minimum absolute atomic E-state index is 0.0126. The van der Waals surface area contributed by atoms with Crippen LogP contribution in [0.4, 0.5) is 11.4 Å². The fourth-order valence-corrected chi connectivity index (χ4v) is 5.84. The molecule has 0 atom stereocenters. The van der Waals surface area contributed by atoms with Crippen LogP contribution in [0.5, 0.6) is 0 Å². The van der Waals surface area contributed by atoms with Gasteiger partial charge < -0.3 is 4.90 Å². The molecular weight excluding hydrogens is 410 g/mol. The van der Waals surface area contributed by atoms with Crippen molar-refractivity contribution in [3.05, 3.63) is 108 Å². The van der Waals surface area contributed by atoms with E-state index in [4.69, 9.17) is 0 Å². The van der Waals surface area contributed by atoms with Crippen molar-refractivity contribution in [2.45, 2.75) is 58.9 Å². The summed E-state index contributed by atoms with van der Waals surface area (Å²) < 4.78 is 0. The second-order valence-electron chi connectivity index (χ2n) is 10.6. The van der Waals surface area contributed by atoms with Crippen LogP contribution >= 0.6 is 0 Å². The normalized spacial score (nSPS) is 13.8. The Labute approximate surface area is 205 Å². The van der Waals surface area contributed by atoms with Gasteiger partial charge in [-0.3, -0.25) is 0 Å². The van der Waals surface area contributed by atoms with E-state index in [9.17, 15) is 0 Å². The number of para-hydroxylation sites is 1. The van der Waals surface area contributed by atoms with Crippen LogP contribution in [0, 0.1) is 0 Å². The Kier molecular flexibility index (Phi) is 5.60. The van der Waals surface area contributed by atoms with Crippen molar-refractivity contribution in [2.24, 2.45) is 0 Å². The molecule has 172 valence electrons. The van der Waals surface area contributed by atoms with Gasteiger partial charge in [-0.15, -0.1) is 0 Å². The van der Waals surface area contributed by atoms with Crippen LogP contribution in [-0.2, 0) is 5.41 Å². The smallest absolute Gasteiger partial charge is 0.0492 e.